The van der Waals surface area contributed by atoms with Crippen LogP contribution in [0.2, 0.25) is 0 Å². The topological polar surface area (TPSA) is 152 Å². The van der Waals surface area contributed by atoms with Crippen LogP contribution in [0.5, 0.6) is 0 Å². The molecule has 1 heterocycles. The molecule has 1 saturated heterocycles. The smallest absolute Gasteiger partial charge is 0.349 e. The fraction of sp³-hybridized carbons (Fsp3) is 0.652. The fourth-order valence-corrected chi connectivity index (χ4v) is 6.49. The van der Waals surface area contributed by atoms with Gasteiger partial charge in [-0.15, -0.1) is 4.41 Å². The number of amidine groups is 1. The second-order valence-corrected chi connectivity index (χ2v) is 11.0. The summed E-state index contributed by atoms with van der Waals surface area (Å²) in [4.78, 5) is 13.1. The van der Waals surface area contributed by atoms with E-state index in [0.717, 1.165) is 55.8 Å². The standard InChI is InChI=1S/C23H38N6O4S/c1-17(2)29(34(31,32)33)28-14-10-19(11-15-28)23(12-5-3-4-6-13-23)27-22(30)26-20-9-7-8-18(16-20)21(24)25/h7-9,16-17,19H,3-6,10-15H2,1-2H3,(H3,24,25)(H2,26,27,30)(H,31,32,33). The number of hydrogen-bond donors (Lipinski definition) is 5. The number of benzene rings is 1. The van der Waals surface area contributed by atoms with Gasteiger partial charge in [-0.05, 0) is 57.6 Å². The third kappa shape index (κ3) is 6.47. The molecule has 2 aliphatic rings. The Morgan fingerprint density at radius 1 is 1.21 bits per heavy atom. The van der Waals surface area contributed by atoms with Crippen LogP contribution in [-0.2, 0) is 10.3 Å². The Morgan fingerprint density at radius 3 is 2.35 bits per heavy atom. The number of hydrazine groups is 1. The quantitative estimate of drug-likeness (QED) is 0.170. The zero-order valence-electron chi connectivity index (χ0n) is 20.1. The second-order valence-electron chi connectivity index (χ2n) is 9.72. The average Bonchev–Trinajstić information content (AvgIpc) is 2.99. The Bertz CT molecular complexity index is 967. The monoisotopic (exact) mass is 494 g/mol. The van der Waals surface area contributed by atoms with Crippen molar-refractivity contribution in [2.75, 3.05) is 18.4 Å². The first-order chi connectivity index (χ1) is 16.0. The predicted molar refractivity (Wildman–Crippen MR) is 133 cm³/mol. The molecule has 10 nitrogen and oxygen atoms in total. The van der Waals surface area contributed by atoms with Crippen molar-refractivity contribution in [2.45, 2.75) is 76.8 Å². The van der Waals surface area contributed by atoms with Gasteiger partial charge < -0.3 is 16.4 Å². The number of carbonyl (C=O) groups excluding carboxylic acids is 1. The minimum Gasteiger partial charge on any atom is -0.384 e. The molecule has 0 unspecified atom stereocenters. The van der Waals surface area contributed by atoms with Crippen LogP contribution < -0.4 is 16.4 Å². The zero-order valence-corrected chi connectivity index (χ0v) is 20.9. The summed E-state index contributed by atoms with van der Waals surface area (Å²) in [6, 6.07) is 6.24. The van der Waals surface area contributed by atoms with Crippen molar-refractivity contribution in [2.24, 2.45) is 11.7 Å². The number of amides is 2. The molecular weight excluding hydrogens is 456 g/mol. The van der Waals surface area contributed by atoms with E-state index in [2.05, 4.69) is 10.6 Å². The average molecular weight is 495 g/mol. The summed E-state index contributed by atoms with van der Waals surface area (Å²) < 4.78 is 34.6. The normalized spacial score (nSPS) is 20.1. The van der Waals surface area contributed by atoms with E-state index in [1.54, 1.807) is 43.1 Å². The Hall–Kier alpha value is -2.21. The first-order valence-electron chi connectivity index (χ1n) is 12.1. The van der Waals surface area contributed by atoms with E-state index < -0.39 is 10.3 Å². The molecule has 1 aliphatic carbocycles. The number of nitrogens with one attached hydrogen (secondary N) is 3. The number of rotatable bonds is 7. The third-order valence-electron chi connectivity index (χ3n) is 7.00. The molecular formula is C23H38N6O4S. The molecule has 2 fully saturated rings. The molecule has 0 atom stereocenters. The van der Waals surface area contributed by atoms with Crippen molar-refractivity contribution in [3.8, 4) is 0 Å². The molecule has 11 heteroatoms. The van der Waals surface area contributed by atoms with E-state index in [0.29, 0.717) is 24.3 Å². The zero-order chi connectivity index (χ0) is 24.9. The lowest BCUT2D eigenvalue weighted by Gasteiger charge is -2.47. The fourth-order valence-electron chi connectivity index (χ4n) is 5.50. The number of nitrogens with zero attached hydrogens (tertiary/aromatic N) is 2. The van der Waals surface area contributed by atoms with Gasteiger partial charge in [0.2, 0.25) is 0 Å². The van der Waals surface area contributed by atoms with Crippen molar-refractivity contribution in [1.82, 2.24) is 14.7 Å². The maximum atomic E-state index is 13.1. The van der Waals surface area contributed by atoms with Crippen LogP contribution in [0.25, 0.3) is 0 Å². The molecule has 190 valence electrons. The molecule has 0 bridgehead atoms. The summed E-state index contributed by atoms with van der Waals surface area (Å²) >= 11 is 0. The van der Waals surface area contributed by atoms with Crippen LogP contribution >= 0.6 is 0 Å². The molecule has 1 aromatic carbocycles. The largest absolute Gasteiger partial charge is 0.384 e. The summed E-state index contributed by atoms with van der Waals surface area (Å²) in [5.74, 6) is 0.142. The van der Waals surface area contributed by atoms with Crippen LogP contribution in [0, 0.1) is 11.3 Å². The Balaban J connectivity index is 1.73. The predicted octanol–water partition coefficient (Wildman–Crippen LogP) is 3.33. The van der Waals surface area contributed by atoms with Gasteiger partial charge in [-0.25, -0.2) is 9.80 Å². The maximum absolute atomic E-state index is 13.1. The number of anilines is 1. The van der Waals surface area contributed by atoms with Crippen LogP contribution in [0.1, 0.15) is 70.8 Å². The summed E-state index contributed by atoms with van der Waals surface area (Å²) in [5.41, 5.74) is 6.32. The van der Waals surface area contributed by atoms with E-state index in [-0.39, 0.29) is 29.4 Å². The van der Waals surface area contributed by atoms with Crippen molar-refractivity contribution in [1.29, 1.82) is 5.41 Å². The highest BCUT2D eigenvalue weighted by atomic mass is 32.2. The lowest BCUT2D eigenvalue weighted by molar-refractivity contribution is -0.0204. The van der Waals surface area contributed by atoms with E-state index in [9.17, 15) is 17.8 Å². The molecule has 2 amide bonds. The minimum absolute atomic E-state index is 0.0589. The highest BCUT2D eigenvalue weighted by molar-refractivity contribution is 7.83. The van der Waals surface area contributed by atoms with Crippen molar-refractivity contribution in [3.05, 3.63) is 29.8 Å². The van der Waals surface area contributed by atoms with Crippen LogP contribution in [0.3, 0.4) is 0 Å². The van der Waals surface area contributed by atoms with Crippen molar-refractivity contribution >= 4 is 27.9 Å². The van der Waals surface area contributed by atoms with E-state index in [4.69, 9.17) is 11.1 Å². The highest BCUT2D eigenvalue weighted by Crippen LogP contribution is 2.39. The van der Waals surface area contributed by atoms with Crippen LogP contribution in [-0.4, -0.2) is 58.9 Å². The summed E-state index contributed by atoms with van der Waals surface area (Å²) in [5, 5.41) is 15.5. The second kappa shape index (κ2) is 11.0. The summed E-state index contributed by atoms with van der Waals surface area (Å²) in [6.07, 6.45) is 7.53. The number of nitrogens with two attached hydrogens (primary N) is 1. The molecule has 0 aromatic heterocycles. The van der Waals surface area contributed by atoms with Crippen LogP contribution in [0.4, 0.5) is 10.5 Å². The first kappa shape index (κ1) is 26.4. The summed E-state index contributed by atoms with van der Waals surface area (Å²) in [6.45, 7) is 4.46. The van der Waals surface area contributed by atoms with E-state index in [1.807, 2.05) is 0 Å². The molecule has 3 rings (SSSR count). The van der Waals surface area contributed by atoms with Gasteiger partial charge in [0.05, 0.1) is 0 Å². The van der Waals surface area contributed by atoms with Gasteiger partial charge in [0, 0.05) is 35.9 Å². The highest BCUT2D eigenvalue weighted by Gasteiger charge is 2.43. The van der Waals surface area contributed by atoms with E-state index in [1.165, 1.54) is 0 Å². The molecule has 1 aromatic rings. The van der Waals surface area contributed by atoms with E-state index >= 15 is 0 Å². The Morgan fingerprint density at radius 2 is 1.82 bits per heavy atom. The Kier molecular flexibility index (Phi) is 8.56. The summed E-state index contributed by atoms with van der Waals surface area (Å²) in [7, 11) is -4.33. The SMILES string of the molecule is CC(C)N(N1CCC(C2(NC(=O)Nc3cccc(C(=N)N)c3)CCCCCC2)CC1)S(=O)(=O)O. The van der Waals surface area contributed by atoms with Crippen LogP contribution in [0.15, 0.2) is 24.3 Å². The Labute approximate surface area is 202 Å². The number of carbonyl (C=O) groups is 1. The molecule has 1 aliphatic heterocycles. The van der Waals surface area contributed by atoms with Gasteiger partial charge in [-0.3, -0.25) is 9.96 Å². The van der Waals surface area contributed by atoms with Crippen molar-refractivity contribution in [3.63, 3.8) is 0 Å². The third-order valence-corrected chi connectivity index (χ3v) is 8.12. The number of piperidine rings is 1. The molecule has 0 radical (unpaired) electrons. The first-order valence-corrected chi connectivity index (χ1v) is 13.5. The molecule has 34 heavy (non-hydrogen) atoms. The number of nitrogen functional groups attached to an aromatic ring is 1. The maximum Gasteiger partial charge on any atom is 0.349 e. The van der Waals surface area contributed by atoms with Gasteiger partial charge in [0.25, 0.3) is 0 Å². The van der Waals surface area contributed by atoms with Gasteiger partial charge in [0.15, 0.2) is 0 Å². The minimum atomic E-state index is -4.33. The van der Waals surface area contributed by atoms with Crippen molar-refractivity contribution < 1.29 is 17.8 Å². The van der Waals surface area contributed by atoms with Gasteiger partial charge in [-0.1, -0.05) is 37.8 Å². The number of urea groups is 1. The van der Waals surface area contributed by atoms with Gasteiger partial charge in [-0.2, -0.15) is 8.42 Å². The molecule has 1 saturated carbocycles. The lowest BCUT2D eigenvalue weighted by atomic mass is 9.73. The van der Waals surface area contributed by atoms with Gasteiger partial charge in [0.1, 0.15) is 5.84 Å². The van der Waals surface area contributed by atoms with Gasteiger partial charge >= 0.3 is 16.3 Å². The number of hydrogen-bond acceptors (Lipinski definition) is 5. The lowest BCUT2D eigenvalue weighted by Crippen LogP contribution is -2.59. The molecule has 6 N–H and O–H groups in total. The molecule has 0 spiro atoms.